The van der Waals surface area contributed by atoms with Crippen molar-refractivity contribution in [2.45, 2.75) is 33.2 Å². The minimum atomic E-state index is -0.0817. The van der Waals surface area contributed by atoms with Crippen LogP contribution in [0.4, 0.5) is 0 Å². The van der Waals surface area contributed by atoms with Crippen LogP contribution in [0, 0.1) is 5.41 Å². The summed E-state index contributed by atoms with van der Waals surface area (Å²) in [5.74, 6) is 0.129. The Hall–Kier alpha value is -0.610. The van der Waals surface area contributed by atoms with Crippen LogP contribution in [-0.2, 0) is 4.79 Å². The maximum Gasteiger partial charge on any atom is 0.223 e. The van der Waals surface area contributed by atoms with E-state index in [2.05, 4.69) is 25.7 Å². The van der Waals surface area contributed by atoms with Gasteiger partial charge in [-0.3, -0.25) is 4.79 Å². The first-order valence-corrected chi connectivity index (χ1v) is 5.79. The molecule has 0 heterocycles. The van der Waals surface area contributed by atoms with Crippen molar-refractivity contribution in [1.82, 2.24) is 9.80 Å². The molecule has 4 heteroatoms. The van der Waals surface area contributed by atoms with Crippen LogP contribution in [0.5, 0.6) is 0 Å². The molecule has 1 atom stereocenters. The van der Waals surface area contributed by atoms with Crippen LogP contribution in [0.1, 0.15) is 27.2 Å². The number of amides is 1. The maximum atomic E-state index is 11.8. The SMILES string of the molecule is CN(C)CCN(C)C(=O)CC(N)C(C)(C)C. The zero-order valence-corrected chi connectivity index (χ0v) is 11.6. The highest BCUT2D eigenvalue weighted by molar-refractivity contribution is 5.76. The number of carbonyl (C=O) groups is 1. The predicted octanol–water partition coefficient (Wildman–Crippen LogP) is 0.770. The standard InChI is InChI=1S/C12H27N3O/c1-12(2,3)10(13)9-11(16)15(6)8-7-14(4)5/h10H,7-9,13H2,1-6H3. The number of nitrogens with two attached hydrogens (primary N) is 1. The van der Waals surface area contributed by atoms with Gasteiger partial charge in [-0.25, -0.2) is 0 Å². The summed E-state index contributed by atoms with van der Waals surface area (Å²) in [7, 11) is 5.83. The van der Waals surface area contributed by atoms with Crippen LogP contribution in [-0.4, -0.2) is 56.0 Å². The minimum Gasteiger partial charge on any atom is -0.344 e. The highest BCUT2D eigenvalue weighted by Crippen LogP contribution is 2.20. The normalized spacial score (nSPS) is 14.0. The number of nitrogens with zero attached hydrogens (tertiary/aromatic N) is 2. The molecule has 0 rings (SSSR count). The third-order valence-corrected chi connectivity index (χ3v) is 2.82. The molecule has 0 bridgehead atoms. The second kappa shape index (κ2) is 6.21. The van der Waals surface area contributed by atoms with Crippen LogP contribution < -0.4 is 5.73 Å². The number of rotatable bonds is 5. The second-order valence-electron chi connectivity index (χ2n) is 5.80. The van der Waals surface area contributed by atoms with Gasteiger partial charge in [0.2, 0.25) is 5.91 Å². The first-order valence-electron chi connectivity index (χ1n) is 5.79. The molecule has 96 valence electrons. The largest absolute Gasteiger partial charge is 0.344 e. The van der Waals surface area contributed by atoms with Gasteiger partial charge in [-0.05, 0) is 19.5 Å². The highest BCUT2D eigenvalue weighted by Gasteiger charge is 2.24. The van der Waals surface area contributed by atoms with Gasteiger partial charge < -0.3 is 15.5 Å². The van der Waals surface area contributed by atoms with Crippen molar-refractivity contribution < 1.29 is 4.79 Å². The summed E-state index contributed by atoms with van der Waals surface area (Å²) >= 11 is 0. The fourth-order valence-corrected chi connectivity index (χ4v) is 1.12. The first kappa shape index (κ1) is 15.4. The summed E-state index contributed by atoms with van der Waals surface area (Å²) in [5, 5.41) is 0. The van der Waals surface area contributed by atoms with Gasteiger partial charge in [0.25, 0.3) is 0 Å². The third kappa shape index (κ3) is 6.08. The molecule has 0 aliphatic rings. The lowest BCUT2D eigenvalue weighted by Gasteiger charge is -2.28. The summed E-state index contributed by atoms with van der Waals surface area (Å²) in [5.41, 5.74) is 5.97. The molecule has 4 nitrogen and oxygen atoms in total. The lowest BCUT2D eigenvalue weighted by molar-refractivity contribution is -0.130. The first-order chi connectivity index (χ1) is 7.14. The molecule has 0 aromatic heterocycles. The molecule has 0 radical (unpaired) electrons. The number of hydrogen-bond donors (Lipinski definition) is 1. The van der Waals surface area contributed by atoms with Crippen LogP contribution in [0.3, 0.4) is 0 Å². The van der Waals surface area contributed by atoms with E-state index in [0.29, 0.717) is 6.42 Å². The quantitative estimate of drug-likeness (QED) is 0.757. The van der Waals surface area contributed by atoms with Gasteiger partial charge in [-0.2, -0.15) is 0 Å². The Kier molecular flexibility index (Phi) is 5.97. The van der Waals surface area contributed by atoms with E-state index in [1.807, 2.05) is 21.1 Å². The van der Waals surface area contributed by atoms with Crippen LogP contribution in [0.15, 0.2) is 0 Å². The molecular formula is C12H27N3O. The Balaban J connectivity index is 4.06. The van der Waals surface area contributed by atoms with E-state index in [9.17, 15) is 4.79 Å². The Morgan fingerprint density at radius 2 is 1.69 bits per heavy atom. The molecule has 0 spiro atoms. The Morgan fingerprint density at radius 1 is 1.19 bits per heavy atom. The van der Waals surface area contributed by atoms with Crippen molar-refractivity contribution in [3.8, 4) is 0 Å². The molecule has 2 N–H and O–H groups in total. The molecular weight excluding hydrogens is 202 g/mol. The number of carbonyl (C=O) groups excluding carboxylic acids is 1. The topological polar surface area (TPSA) is 49.6 Å². The van der Waals surface area contributed by atoms with Gasteiger partial charge in [0, 0.05) is 32.6 Å². The van der Waals surface area contributed by atoms with E-state index < -0.39 is 0 Å². The van der Waals surface area contributed by atoms with Crippen LogP contribution in [0.2, 0.25) is 0 Å². The zero-order valence-electron chi connectivity index (χ0n) is 11.6. The van der Waals surface area contributed by atoms with E-state index in [1.54, 1.807) is 4.90 Å². The Bertz CT molecular complexity index is 221. The monoisotopic (exact) mass is 229 g/mol. The molecule has 0 saturated carbocycles. The van der Waals surface area contributed by atoms with Gasteiger partial charge in [0.05, 0.1) is 0 Å². The van der Waals surface area contributed by atoms with Gasteiger partial charge in [-0.1, -0.05) is 20.8 Å². The minimum absolute atomic E-state index is 0.0158. The average Bonchev–Trinajstić information content (AvgIpc) is 2.12. The average molecular weight is 229 g/mol. The van der Waals surface area contributed by atoms with Gasteiger partial charge >= 0.3 is 0 Å². The highest BCUT2D eigenvalue weighted by atomic mass is 16.2. The molecule has 0 aromatic rings. The Labute approximate surface area is 99.8 Å². The summed E-state index contributed by atoms with van der Waals surface area (Å²) in [4.78, 5) is 15.7. The lowest BCUT2D eigenvalue weighted by Crippen LogP contribution is -2.42. The van der Waals surface area contributed by atoms with E-state index in [-0.39, 0.29) is 17.4 Å². The second-order valence-corrected chi connectivity index (χ2v) is 5.80. The summed E-state index contributed by atoms with van der Waals surface area (Å²) in [6, 6.07) is -0.0817. The van der Waals surface area contributed by atoms with Crippen molar-refractivity contribution in [3.63, 3.8) is 0 Å². The van der Waals surface area contributed by atoms with Crippen molar-refractivity contribution in [3.05, 3.63) is 0 Å². The zero-order chi connectivity index (χ0) is 12.9. The fraction of sp³-hybridized carbons (Fsp3) is 0.917. The van der Waals surface area contributed by atoms with Gasteiger partial charge in [-0.15, -0.1) is 0 Å². The van der Waals surface area contributed by atoms with Crippen LogP contribution in [0.25, 0.3) is 0 Å². The van der Waals surface area contributed by atoms with Crippen molar-refractivity contribution in [1.29, 1.82) is 0 Å². The molecule has 1 amide bonds. The third-order valence-electron chi connectivity index (χ3n) is 2.82. The summed E-state index contributed by atoms with van der Waals surface area (Å²) in [6.45, 7) is 7.82. The molecule has 0 saturated heterocycles. The van der Waals surface area contributed by atoms with E-state index in [0.717, 1.165) is 13.1 Å². The molecule has 0 fully saturated rings. The lowest BCUT2D eigenvalue weighted by atomic mass is 9.85. The van der Waals surface area contributed by atoms with E-state index >= 15 is 0 Å². The van der Waals surface area contributed by atoms with Crippen molar-refractivity contribution >= 4 is 5.91 Å². The number of likely N-dealkylation sites (N-methyl/N-ethyl adjacent to an activating group) is 2. The molecule has 16 heavy (non-hydrogen) atoms. The smallest absolute Gasteiger partial charge is 0.223 e. The summed E-state index contributed by atoms with van der Waals surface area (Å²) in [6.07, 6.45) is 0.424. The molecule has 1 unspecified atom stereocenters. The van der Waals surface area contributed by atoms with Crippen molar-refractivity contribution in [2.24, 2.45) is 11.1 Å². The van der Waals surface area contributed by atoms with Gasteiger partial charge in [0.1, 0.15) is 0 Å². The van der Waals surface area contributed by atoms with E-state index in [4.69, 9.17) is 5.73 Å². The van der Waals surface area contributed by atoms with Gasteiger partial charge in [0.15, 0.2) is 0 Å². The maximum absolute atomic E-state index is 11.8. The predicted molar refractivity (Wildman–Crippen MR) is 68.2 cm³/mol. The molecule has 0 aliphatic carbocycles. The molecule has 0 aliphatic heterocycles. The fourth-order valence-electron chi connectivity index (χ4n) is 1.12. The van der Waals surface area contributed by atoms with E-state index in [1.165, 1.54) is 0 Å². The Morgan fingerprint density at radius 3 is 2.06 bits per heavy atom. The number of hydrogen-bond acceptors (Lipinski definition) is 3. The van der Waals surface area contributed by atoms with Crippen LogP contribution >= 0.6 is 0 Å². The summed E-state index contributed by atoms with van der Waals surface area (Å²) < 4.78 is 0. The van der Waals surface area contributed by atoms with Crippen molar-refractivity contribution in [2.75, 3.05) is 34.2 Å². The molecule has 0 aromatic carbocycles.